The van der Waals surface area contributed by atoms with E-state index in [4.69, 9.17) is 4.42 Å². The van der Waals surface area contributed by atoms with Gasteiger partial charge in [0.2, 0.25) is 0 Å². The maximum atomic E-state index is 11.9. The van der Waals surface area contributed by atoms with Crippen LogP contribution in [0.2, 0.25) is 0 Å². The van der Waals surface area contributed by atoms with Crippen molar-refractivity contribution in [2.45, 2.75) is 6.04 Å². The monoisotopic (exact) mass is 310 g/mol. The summed E-state index contributed by atoms with van der Waals surface area (Å²) in [4.78, 5) is 15.9. The second kappa shape index (κ2) is 5.79. The van der Waals surface area contributed by atoms with Crippen LogP contribution in [-0.4, -0.2) is 22.6 Å². The molecule has 18 heavy (non-hydrogen) atoms. The van der Waals surface area contributed by atoms with Crippen LogP contribution in [-0.2, 0) is 0 Å². The summed E-state index contributed by atoms with van der Waals surface area (Å²) in [6, 6.07) is 6.04. The molecule has 0 radical (unpaired) electrons. The van der Waals surface area contributed by atoms with Crippen molar-refractivity contribution in [3.8, 4) is 0 Å². The van der Waals surface area contributed by atoms with Crippen molar-refractivity contribution in [3.63, 3.8) is 0 Å². The van der Waals surface area contributed by atoms with Gasteiger partial charge in [-0.05, 0) is 40.2 Å². The highest BCUT2D eigenvalue weighted by Gasteiger charge is 2.17. The highest BCUT2D eigenvalue weighted by atomic mass is 79.9. The van der Waals surface area contributed by atoms with Gasteiger partial charge in [0.25, 0.3) is 5.91 Å². The number of hydrogen-bond acceptors (Lipinski definition) is 4. The molecule has 94 valence electrons. The minimum atomic E-state index is -0.556. The Morgan fingerprint density at radius 2 is 2.39 bits per heavy atom. The third-order valence-corrected chi connectivity index (χ3v) is 2.80. The van der Waals surface area contributed by atoms with E-state index in [1.807, 2.05) is 0 Å². The quantitative estimate of drug-likeness (QED) is 0.846. The fourth-order valence-corrected chi connectivity index (χ4v) is 1.85. The van der Waals surface area contributed by atoms with Gasteiger partial charge >= 0.3 is 0 Å². The Bertz CT molecular complexity index is 528. The number of halogens is 1. The third-order valence-electron chi connectivity index (χ3n) is 2.36. The van der Waals surface area contributed by atoms with Gasteiger partial charge in [-0.2, -0.15) is 0 Å². The molecule has 6 heteroatoms. The van der Waals surface area contributed by atoms with E-state index in [2.05, 4.69) is 26.2 Å². The number of pyridine rings is 1. The summed E-state index contributed by atoms with van der Waals surface area (Å²) >= 11 is 3.19. The summed E-state index contributed by atoms with van der Waals surface area (Å²) in [5.41, 5.74) is 0.460. The molecular formula is C12H11BrN2O3. The van der Waals surface area contributed by atoms with Crippen LogP contribution in [0.15, 0.2) is 45.7 Å². The van der Waals surface area contributed by atoms with Gasteiger partial charge in [0, 0.05) is 11.8 Å². The van der Waals surface area contributed by atoms with Gasteiger partial charge < -0.3 is 14.8 Å². The average molecular weight is 311 g/mol. The smallest absolute Gasteiger partial charge is 0.252 e. The molecule has 0 aliphatic carbocycles. The molecule has 0 fully saturated rings. The summed E-state index contributed by atoms with van der Waals surface area (Å²) in [5.74, 6) is 0.215. The van der Waals surface area contributed by atoms with Gasteiger partial charge in [-0.15, -0.1) is 0 Å². The van der Waals surface area contributed by atoms with Gasteiger partial charge in [0.05, 0.1) is 12.9 Å². The first-order valence-corrected chi connectivity index (χ1v) is 6.06. The number of nitrogens with one attached hydrogen (secondary N) is 1. The summed E-state index contributed by atoms with van der Waals surface area (Å²) in [6.07, 6.45) is 3.02. The maximum Gasteiger partial charge on any atom is 0.252 e. The van der Waals surface area contributed by atoms with Crippen LogP contribution in [0.25, 0.3) is 0 Å². The standard InChI is InChI=1S/C12H11BrN2O3/c13-11-6-8(3-4-14-11)12(17)15-9(7-16)10-2-1-5-18-10/h1-6,9,16H,7H2,(H,15,17). The van der Waals surface area contributed by atoms with Crippen molar-refractivity contribution in [3.05, 3.63) is 52.7 Å². The predicted molar refractivity (Wildman–Crippen MR) is 67.9 cm³/mol. The Hall–Kier alpha value is -1.66. The van der Waals surface area contributed by atoms with Crippen LogP contribution in [0.1, 0.15) is 22.2 Å². The number of carbonyl (C=O) groups excluding carboxylic acids is 1. The molecule has 1 amide bonds. The average Bonchev–Trinajstić information content (AvgIpc) is 2.89. The fraction of sp³-hybridized carbons (Fsp3) is 0.167. The van der Waals surface area contributed by atoms with Gasteiger partial charge in [-0.3, -0.25) is 4.79 Å². The number of aliphatic hydroxyl groups is 1. The van der Waals surface area contributed by atoms with E-state index < -0.39 is 6.04 Å². The second-order valence-corrected chi connectivity index (χ2v) is 4.40. The minimum Gasteiger partial charge on any atom is -0.467 e. The Kier molecular flexibility index (Phi) is 4.11. The SMILES string of the molecule is O=C(NC(CO)c1ccco1)c1ccnc(Br)c1. The molecular weight excluding hydrogens is 300 g/mol. The van der Waals surface area contributed by atoms with Crippen LogP contribution >= 0.6 is 15.9 Å². The fourth-order valence-electron chi connectivity index (χ4n) is 1.48. The first-order valence-electron chi connectivity index (χ1n) is 5.27. The van der Waals surface area contributed by atoms with E-state index in [-0.39, 0.29) is 12.5 Å². The molecule has 2 rings (SSSR count). The van der Waals surface area contributed by atoms with Crippen LogP contribution in [0.5, 0.6) is 0 Å². The van der Waals surface area contributed by atoms with Crippen molar-refractivity contribution in [2.75, 3.05) is 6.61 Å². The van der Waals surface area contributed by atoms with Gasteiger partial charge in [0.15, 0.2) is 0 Å². The Labute approximate surface area is 112 Å². The molecule has 0 saturated heterocycles. The number of hydrogen-bond donors (Lipinski definition) is 2. The molecule has 0 saturated carbocycles. The molecule has 1 unspecified atom stereocenters. The molecule has 2 N–H and O–H groups in total. The zero-order valence-corrected chi connectivity index (χ0v) is 10.9. The van der Waals surface area contributed by atoms with E-state index in [0.717, 1.165) is 0 Å². The summed E-state index contributed by atoms with van der Waals surface area (Å²) in [7, 11) is 0. The molecule has 2 aromatic rings. The van der Waals surface area contributed by atoms with Crippen LogP contribution in [0.4, 0.5) is 0 Å². The lowest BCUT2D eigenvalue weighted by molar-refractivity contribution is 0.0907. The Morgan fingerprint density at radius 1 is 1.56 bits per heavy atom. The number of aromatic nitrogens is 1. The molecule has 0 aliphatic rings. The molecule has 2 aromatic heterocycles. The van der Waals surface area contributed by atoms with Gasteiger partial charge in [0.1, 0.15) is 16.4 Å². The lowest BCUT2D eigenvalue weighted by Crippen LogP contribution is -2.30. The largest absolute Gasteiger partial charge is 0.467 e. The summed E-state index contributed by atoms with van der Waals surface area (Å²) in [6.45, 7) is -0.231. The number of aliphatic hydroxyl groups excluding tert-OH is 1. The number of carbonyl (C=O) groups is 1. The number of amides is 1. The lowest BCUT2D eigenvalue weighted by atomic mass is 10.2. The molecule has 0 aromatic carbocycles. The van der Waals surface area contributed by atoms with Crippen LogP contribution < -0.4 is 5.32 Å². The molecule has 0 aliphatic heterocycles. The van der Waals surface area contributed by atoms with Crippen molar-refractivity contribution in [1.82, 2.24) is 10.3 Å². The van der Waals surface area contributed by atoms with E-state index in [1.54, 1.807) is 24.3 Å². The minimum absolute atomic E-state index is 0.231. The van der Waals surface area contributed by atoms with Crippen molar-refractivity contribution in [2.24, 2.45) is 0 Å². The van der Waals surface area contributed by atoms with Crippen molar-refractivity contribution in [1.29, 1.82) is 0 Å². The van der Waals surface area contributed by atoms with Crippen LogP contribution in [0.3, 0.4) is 0 Å². The first kappa shape index (κ1) is 12.8. The van der Waals surface area contributed by atoms with Crippen molar-refractivity contribution >= 4 is 21.8 Å². The first-order chi connectivity index (χ1) is 8.70. The Balaban J connectivity index is 2.11. The van der Waals surface area contributed by atoms with E-state index in [0.29, 0.717) is 15.9 Å². The van der Waals surface area contributed by atoms with Gasteiger partial charge in [-0.25, -0.2) is 4.98 Å². The van der Waals surface area contributed by atoms with E-state index >= 15 is 0 Å². The number of nitrogens with zero attached hydrogens (tertiary/aromatic N) is 1. The maximum absolute atomic E-state index is 11.9. The molecule has 2 heterocycles. The topological polar surface area (TPSA) is 75.4 Å². The molecule has 5 nitrogen and oxygen atoms in total. The second-order valence-electron chi connectivity index (χ2n) is 3.59. The van der Waals surface area contributed by atoms with E-state index in [1.165, 1.54) is 12.5 Å². The highest BCUT2D eigenvalue weighted by Crippen LogP contribution is 2.14. The van der Waals surface area contributed by atoms with Crippen molar-refractivity contribution < 1.29 is 14.3 Å². The zero-order chi connectivity index (χ0) is 13.0. The normalized spacial score (nSPS) is 12.1. The number of furan rings is 1. The third kappa shape index (κ3) is 2.96. The van der Waals surface area contributed by atoms with Crippen LogP contribution in [0, 0.1) is 0 Å². The lowest BCUT2D eigenvalue weighted by Gasteiger charge is -2.13. The highest BCUT2D eigenvalue weighted by molar-refractivity contribution is 9.10. The summed E-state index contributed by atoms with van der Waals surface area (Å²) < 4.78 is 5.73. The Morgan fingerprint density at radius 3 is 3.00 bits per heavy atom. The molecule has 0 bridgehead atoms. The van der Waals surface area contributed by atoms with E-state index in [9.17, 15) is 9.90 Å². The summed E-state index contributed by atoms with van der Waals surface area (Å²) in [5, 5.41) is 11.9. The number of rotatable bonds is 4. The molecule has 0 spiro atoms. The molecule has 1 atom stereocenters. The van der Waals surface area contributed by atoms with Gasteiger partial charge in [-0.1, -0.05) is 0 Å². The zero-order valence-electron chi connectivity index (χ0n) is 9.34. The predicted octanol–water partition coefficient (Wildman–Crippen LogP) is 1.90.